The van der Waals surface area contributed by atoms with Gasteiger partial charge in [0.15, 0.2) is 0 Å². The number of nitrogens with one attached hydrogen (secondary N) is 3. The highest BCUT2D eigenvalue weighted by Gasteiger charge is 2.25. The van der Waals surface area contributed by atoms with Crippen LogP contribution in [0.5, 0.6) is 0 Å². The summed E-state index contributed by atoms with van der Waals surface area (Å²) in [7, 11) is 0. The summed E-state index contributed by atoms with van der Waals surface area (Å²) in [6.07, 6.45) is 0.569. The van der Waals surface area contributed by atoms with E-state index in [1.807, 2.05) is 12.1 Å². The molecule has 0 unspecified atom stereocenters. The van der Waals surface area contributed by atoms with Gasteiger partial charge in [-0.05, 0) is 96.2 Å². The second kappa shape index (κ2) is 14.3. The minimum absolute atomic E-state index is 0.123. The number of carbonyl (C=O) groups is 4. The third-order valence-corrected chi connectivity index (χ3v) is 5.29. The van der Waals surface area contributed by atoms with Crippen molar-refractivity contribution in [1.82, 2.24) is 15.9 Å². The van der Waals surface area contributed by atoms with E-state index in [2.05, 4.69) is 10.7 Å². The molecule has 0 aliphatic heterocycles. The van der Waals surface area contributed by atoms with E-state index in [4.69, 9.17) is 14.7 Å². The molecule has 0 spiro atoms. The van der Waals surface area contributed by atoms with Gasteiger partial charge >= 0.3 is 12.2 Å². The van der Waals surface area contributed by atoms with Crippen LogP contribution in [0.3, 0.4) is 0 Å². The van der Waals surface area contributed by atoms with Crippen molar-refractivity contribution >= 4 is 29.7 Å². The first-order valence-corrected chi connectivity index (χ1v) is 13.1. The Morgan fingerprint density at radius 2 is 1.35 bits per heavy atom. The molecule has 0 fully saturated rings. The summed E-state index contributed by atoms with van der Waals surface area (Å²) in [5.74, 6) is -0.698. The molecule has 40 heavy (non-hydrogen) atoms. The van der Waals surface area contributed by atoms with E-state index in [0.717, 1.165) is 16.1 Å². The van der Waals surface area contributed by atoms with Gasteiger partial charge in [-0.25, -0.2) is 25.5 Å². The molecule has 2 rings (SSSR count). The Kier molecular flexibility index (Phi) is 11.5. The van der Waals surface area contributed by atoms with Gasteiger partial charge in [-0.15, -0.1) is 0 Å². The molecule has 11 nitrogen and oxygen atoms in total. The summed E-state index contributed by atoms with van der Waals surface area (Å²) in [5, 5.41) is 12.6. The molecule has 0 aromatic heterocycles. The molecule has 218 valence electrons. The quantitative estimate of drug-likeness (QED) is 0.251. The zero-order chi connectivity index (χ0) is 29.9. The van der Waals surface area contributed by atoms with Crippen LogP contribution in [0.4, 0.5) is 15.3 Å². The number of carbonyl (C=O) groups excluding carboxylic acids is 4. The third-order valence-electron chi connectivity index (χ3n) is 5.29. The first kappa shape index (κ1) is 32.1. The zero-order valence-corrected chi connectivity index (χ0v) is 24.0. The van der Waals surface area contributed by atoms with Crippen molar-refractivity contribution in [2.45, 2.75) is 78.4 Å². The maximum absolute atomic E-state index is 12.6. The van der Waals surface area contributed by atoms with Crippen LogP contribution in [0.15, 0.2) is 48.5 Å². The molecule has 0 aliphatic carbocycles. The molecule has 0 aliphatic rings. The summed E-state index contributed by atoms with van der Waals surface area (Å²) in [6, 6.07) is 14.0. The highest BCUT2D eigenvalue weighted by atomic mass is 16.6. The lowest BCUT2D eigenvalue weighted by molar-refractivity contribution is -0.116. The molecular weight excluding hydrogens is 516 g/mol. The number of anilines is 1. The van der Waals surface area contributed by atoms with Gasteiger partial charge in [0, 0.05) is 17.7 Å². The largest absolute Gasteiger partial charge is 0.443 e. The van der Waals surface area contributed by atoms with Crippen molar-refractivity contribution in [1.29, 1.82) is 0 Å². The molecule has 4 amide bonds. The number of amides is 4. The first-order valence-electron chi connectivity index (χ1n) is 13.1. The summed E-state index contributed by atoms with van der Waals surface area (Å²) in [6.45, 7) is 10.5. The number of hydrazine groups is 1. The predicted octanol–water partition coefficient (Wildman–Crippen LogP) is 4.99. The van der Waals surface area contributed by atoms with Gasteiger partial charge < -0.3 is 14.8 Å². The zero-order valence-electron chi connectivity index (χ0n) is 24.0. The number of benzene rings is 2. The summed E-state index contributed by atoms with van der Waals surface area (Å²) >= 11 is 0. The molecule has 11 heteroatoms. The van der Waals surface area contributed by atoms with Gasteiger partial charge in [-0.1, -0.05) is 24.3 Å². The monoisotopic (exact) mass is 556 g/mol. The normalized spacial score (nSPS) is 11.3. The maximum atomic E-state index is 12.6. The highest BCUT2D eigenvalue weighted by Crippen LogP contribution is 2.15. The van der Waals surface area contributed by atoms with Crippen molar-refractivity contribution in [2.75, 3.05) is 11.9 Å². The van der Waals surface area contributed by atoms with Crippen LogP contribution in [0.2, 0.25) is 0 Å². The van der Waals surface area contributed by atoms with Gasteiger partial charge in [-0.3, -0.25) is 14.8 Å². The predicted molar refractivity (Wildman–Crippen MR) is 150 cm³/mol. The fourth-order valence-electron chi connectivity index (χ4n) is 3.48. The molecule has 2 aromatic rings. The lowest BCUT2D eigenvalue weighted by Crippen LogP contribution is -2.50. The Bertz CT molecular complexity index is 1150. The SMILES string of the molecule is CC(C)(C)OC(=O)NN(CCc1ccc(NC(=O)CCCc2ccc(C(=O)NO)cc2)cc1)C(=O)OC(C)(C)C. The topological polar surface area (TPSA) is 146 Å². The molecular formula is C29H40N4O7. The first-order chi connectivity index (χ1) is 18.6. The Labute approximate surface area is 235 Å². The second-order valence-electron chi connectivity index (χ2n) is 11.2. The van der Waals surface area contributed by atoms with E-state index in [-0.39, 0.29) is 12.5 Å². The Morgan fingerprint density at radius 1 is 0.800 bits per heavy atom. The Balaban J connectivity index is 1.86. The van der Waals surface area contributed by atoms with E-state index >= 15 is 0 Å². The average Bonchev–Trinajstić information content (AvgIpc) is 2.85. The van der Waals surface area contributed by atoms with Crippen molar-refractivity contribution < 1.29 is 33.9 Å². The molecule has 0 atom stereocenters. The van der Waals surface area contributed by atoms with Gasteiger partial charge in [0.1, 0.15) is 11.2 Å². The molecule has 0 saturated carbocycles. The van der Waals surface area contributed by atoms with E-state index in [9.17, 15) is 19.2 Å². The van der Waals surface area contributed by atoms with Crippen molar-refractivity contribution in [3.05, 3.63) is 65.2 Å². The number of nitrogens with zero attached hydrogens (tertiary/aromatic N) is 1. The van der Waals surface area contributed by atoms with Gasteiger partial charge in [0.2, 0.25) is 5.91 Å². The highest BCUT2D eigenvalue weighted by molar-refractivity contribution is 5.93. The van der Waals surface area contributed by atoms with Crippen LogP contribution in [-0.2, 0) is 27.1 Å². The van der Waals surface area contributed by atoms with Gasteiger partial charge in [0.25, 0.3) is 5.91 Å². The molecule has 4 N–H and O–H groups in total. The smallest absolute Gasteiger partial charge is 0.429 e. The number of hydroxylamine groups is 1. The maximum Gasteiger partial charge on any atom is 0.429 e. The summed E-state index contributed by atoms with van der Waals surface area (Å²) in [5.41, 5.74) is 5.44. The van der Waals surface area contributed by atoms with Crippen molar-refractivity contribution in [3.63, 3.8) is 0 Å². The minimum atomic E-state index is -0.762. The Hall–Kier alpha value is -4.12. The molecule has 2 aromatic carbocycles. The van der Waals surface area contributed by atoms with Crippen LogP contribution in [0.25, 0.3) is 0 Å². The number of hydrogen-bond donors (Lipinski definition) is 4. The molecule has 0 radical (unpaired) electrons. The summed E-state index contributed by atoms with van der Waals surface area (Å²) in [4.78, 5) is 48.7. The fourth-order valence-corrected chi connectivity index (χ4v) is 3.48. The number of rotatable bonds is 9. The molecule has 0 saturated heterocycles. The van der Waals surface area contributed by atoms with Crippen molar-refractivity contribution in [3.8, 4) is 0 Å². The van der Waals surface area contributed by atoms with Crippen LogP contribution in [0.1, 0.15) is 75.9 Å². The minimum Gasteiger partial charge on any atom is -0.443 e. The van der Waals surface area contributed by atoms with Crippen molar-refractivity contribution in [2.24, 2.45) is 0 Å². The standard InChI is InChI=1S/C29H40N4O7/c1-28(2,3)39-26(36)31-33(27(37)40-29(4,5)6)19-18-21-12-16-23(17-13-21)30-24(34)9-7-8-20-10-14-22(15-11-20)25(35)32-38/h10-17,38H,7-9,18-19H2,1-6H3,(H,30,34)(H,31,36)(H,32,35). The van der Waals surface area contributed by atoms with Crippen LogP contribution in [0, 0.1) is 0 Å². The van der Waals surface area contributed by atoms with Crippen LogP contribution < -0.4 is 16.2 Å². The number of aryl methyl sites for hydroxylation is 1. The summed E-state index contributed by atoms with van der Waals surface area (Å²) < 4.78 is 10.7. The van der Waals surface area contributed by atoms with E-state index < -0.39 is 29.3 Å². The molecule has 0 bridgehead atoms. The van der Waals surface area contributed by atoms with E-state index in [0.29, 0.717) is 36.9 Å². The fraction of sp³-hybridized carbons (Fsp3) is 0.448. The lowest BCUT2D eigenvalue weighted by atomic mass is 10.1. The molecule has 0 heterocycles. The number of hydrogen-bond acceptors (Lipinski definition) is 7. The second-order valence-corrected chi connectivity index (χ2v) is 11.2. The van der Waals surface area contributed by atoms with Gasteiger partial charge in [0.05, 0.1) is 6.54 Å². The van der Waals surface area contributed by atoms with E-state index in [1.54, 1.807) is 83.4 Å². The number of ether oxygens (including phenoxy) is 2. The van der Waals surface area contributed by atoms with Crippen LogP contribution >= 0.6 is 0 Å². The Morgan fingerprint density at radius 3 is 1.90 bits per heavy atom. The average molecular weight is 557 g/mol. The lowest BCUT2D eigenvalue weighted by Gasteiger charge is -2.28. The van der Waals surface area contributed by atoms with Crippen LogP contribution in [-0.4, -0.2) is 52.0 Å². The van der Waals surface area contributed by atoms with E-state index in [1.165, 1.54) is 0 Å². The van der Waals surface area contributed by atoms with Gasteiger partial charge in [-0.2, -0.15) is 0 Å². The third kappa shape index (κ3) is 12.2.